The molecule has 2 rings (SSSR count). The van der Waals surface area contributed by atoms with E-state index in [1.165, 1.54) is 15.6 Å². The molecule has 80 valence electrons. The Hall–Kier alpha value is -1.85. The highest BCUT2D eigenvalue weighted by Crippen LogP contribution is 1.98. The van der Waals surface area contributed by atoms with Crippen LogP contribution in [-0.4, -0.2) is 24.1 Å². The van der Waals surface area contributed by atoms with Crippen molar-refractivity contribution >= 4 is 0 Å². The van der Waals surface area contributed by atoms with Crippen molar-refractivity contribution in [3.8, 4) is 0 Å². The van der Waals surface area contributed by atoms with E-state index < -0.39 is 0 Å². The molecule has 0 fully saturated rings. The van der Waals surface area contributed by atoms with Gasteiger partial charge >= 0.3 is 5.69 Å². The molecule has 0 N–H and O–H groups in total. The molecule has 6 nitrogen and oxygen atoms in total. The lowest BCUT2D eigenvalue weighted by molar-refractivity contribution is 0.584. The van der Waals surface area contributed by atoms with Gasteiger partial charge in [-0.2, -0.15) is 10.2 Å². The van der Waals surface area contributed by atoms with Crippen molar-refractivity contribution in [3.05, 3.63) is 34.8 Å². The summed E-state index contributed by atoms with van der Waals surface area (Å²) in [6.07, 6.45) is 6.03. The van der Waals surface area contributed by atoms with Crippen LogP contribution in [0.5, 0.6) is 0 Å². The Morgan fingerprint density at radius 3 is 2.67 bits per heavy atom. The van der Waals surface area contributed by atoms with E-state index in [1.54, 1.807) is 17.9 Å². The van der Waals surface area contributed by atoms with Crippen LogP contribution < -0.4 is 5.69 Å². The molecule has 0 spiro atoms. The third kappa shape index (κ3) is 1.98. The molecule has 15 heavy (non-hydrogen) atoms. The van der Waals surface area contributed by atoms with E-state index in [0.717, 1.165) is 12.0 Å². The lowest BCUT2D eigenvalue weighted by atomic mass is 10.2. The number of hydrogen-bond donors (Lipinski definition) is 0. The van der Waals surface area contributed by atoms with Crippen LogP contribution in [0.1, 0.15) is 5.56 Å². The van der Waals surface area contributed by atoms with Crippen molar-refractivity contribution in [3.63, 3.8) is 0 Å². The fraction of sp³-hybridized carbons (Fsp3) is 0.444. The first-order chi connectivity index (χ1) is 7.16. The van der Waals surface area contributed by atoms with Crippen LogP contribution in [0.3, 0.4) is 0 Å². The van der Waals surface area contributed by atoms with Crippen LogP contribution >= 0.6 is 0 Å². The highest BCUT2D eigenvalue weighted by atomic mass is 16.2. The zero-order valence-corrected chi connectivity index (χ0v) is 8.79. The van der Waals surface area contributed by atoms with Gasteiger partial charge in [-0.3, -0.25) is 9.25 Å². The van der Waals surface area contributed by atoms with Crippen molar-refractivity contribution in [2.45, 2.75) is 13.0 Å². The molecule has 2 heterocycles. The maximum atomic E-state index is 11.4. The van der Waals surface area contributed by atoms with Gasteiger partial charge in [0, 0.05) is 20.3 Å². The van der Waals surface area contributed by atoms with Gasteiger partial charge in [0.05, 0.1) is 12.7 Å². The van der Waals surface area contributed by atoms with Gasteiger partial charge in [-0.25, -0.2) is 9.48 Å². The molecule has 6 heteroatoms. The largest absolute Gasteiger partial charge is 0.345 e. The molecule has 0 aliphatic heterocycles. The predicted octanol–water partition coefficient (Wildman–Crippen LogP) is -0.442. The van der Waals surface area contributed by atoms with Crippen LogP contribution in [0.4, 0.5) is 0 Å². The number of aryl methyl sites for hydroxylation is 4. The molecule has 0 saturated heterocycles. The Morgan fingerprint density at radius 2 is 2.13 bits per heavy atom. The van der Waals surface area contributed by atoms with E-state index in [9.17, 15) is 4.79 Å². The van der Waals surface area contributed by atoms with E-state index in [4.69, 9.17) is 0 Å². The van der Waals surface area contributed by atoms with Gasteiger partial charge in [-0.05, 0) is 12.0 Å². The molecule has 2 aromatic heterocycles. The first-order valence-electron chi connectivity index (χ1n) is 4.73. The number of rotatable bonds is 3. The van der Waals surface area contributed by atoms with Crippen molar-refractivity contribution in [1.29, 1.82) is 0 Å². The van der Waals surface area contributed by atoms with Crippen molar-refractivity contribution < 1.29 is 0 Å². The van der Waals surface area contributed by atoms with Gasteiger partial charge in [0.25, 0.3) is 0 Å². The van der Waals surface area contributed by atoms with Gasteiger partial charge in [0.1, 0.15) is 6.33 Å². The standard InChI is InChI=1S/C9H13N5O/c1-12-7-11-14(9(12)15)4-3-8-5-10-13(2)6-8/h5-7H,3-4H2,1-2H3. The minimum atomic E-state index is -0.0844. The van der Waals surface area contributed by atoms with E-state index in [2.05, 4.69) is 10.2 Å². The molecule has 0 atom stereocenters. The van der Waals surface area contributed by atoms with E-state index in [0.29, 0.717) is 6.54 Å². The van der Waals surface area contributed by atoms with Crippen LogP contribution in [0, 0.1) is 0 Å². The summed E-state index contributed by atoms with van der Waals surface area (Å²) in [6.45, 7) is 0.589. The molecule has 0 aliphatic carbocycles. The van der Waals surface area contributed by atoms with Crippen molar-refractivity contribution in [2.24, 2.45) is 14.1 Å². The van der Waals surface area contributed by atoms with Crippen LogP contribution in [0.2, 0.25) is 0 Å². The predicted molar refractivity (Wildman–Crippen MR) is 54.4 cm³/mol. The maximum Gasteiger partial charge on any atom is 0.345 e. The first kappa shape index (κ1) is 9.70. The fourth-order valence-electron chi connectivity index (χ4n) is 1.41. The molecule has 0 aliphatic rings. The Kier molecular flexibility index (Phi) is 2.40. The number of hydrogen-bond acceptors (Lipinski definition) is 3. The van der Waals surface area contributed by atoms with Gasteiger partial charge in [-0.15, -0.1) is 0 Å². The Bertz CT molecular complexity index is 507. The Balaban J connectivity index is 2.05. The Morgan fingerprint density at radius 1 is 1.33 bits per heavy atom. The number of nitrogens with zero attached hydrogens (tertiary/aromatic N) is 5. The topological polar surface area (TPSA) is 57.6 Å². The van der Waals surface area contributed by atoms with Crippen molar-refractivity contribution in [1.82, 2.24) is 24.1 Å². The van der Waals surface area contributed by atoms with Gasteiger partial charge < -0.3 is 0 Å². The third-order valence-electron chi connectivity index (χ3n) is 2.26. The minimum Gasteiger partial charge on any atom is -0.285 e. The lowest BCUT2D eigenvalue weighted by Gasteiger charge is -1.96. The molecule has 2 aromatic rings. The maximum absolute atomic E-state index is 11.4. The summed E-state index contributed by atoms with van der Waals surface area (Å²) >= 11 is 0. The molecule has 0 unspecified atom stereocenters. The smallest absolute Gasteiger partial charge is 0.285 e. The highest BCUT2D eigenvalue weighted by molar-refractivity contribution is 5.03. The molecule has 0 radical (unpaired) electrons. The lowest BCUT2D eigenvalue weighted by Crippen LogP contribution is -2.23. The monoisotopic (exact) mass is 207 g/mol. The zero-order valence-electron chi connectivity index (χ0n) is 8.79. The molecular weight excluding hydrogens is 194 g/mol. The SMILES string of the molecule is Cn1cc(CCn2ncn(C)c2=O)cn1. The summed E-state index contributed by atoms with van der Waals surface area (Å²) in [5.74, 6) is 0. The summed E-state index contributed by atoms with van der Waals surface area (Å²) in [5, 5.41) is 8.04. The fourth-order valence-corrected chi connectivity index (χ4v) is 1.41. The molecule has 0 saturated carbocycles. The normalized spacial score (nSPS) is 10.8. The molecule has 0 amide bonds. The van der Waals surface area contributed by atoms with E-state index >= 15 is 0 Å². The first-order valence-corrected chi connectivity index (χ1v) is 4.73. The van der Waals surface area contributed by atoms with Crippen LogP contribution in [0.25, 0.3) is 0 Å². The summed E-state index contributed by atoms with van der Waals surface area (Å²) < 4.78 is 4.66. The second kappa shape index (κ2) is 3.72. The second-order valence-electron chi connectivity index (χ2n) is 3.52. The van der Waals surface area contributed by atoms with Gasteiger partial charge in [0.2, 0.25) is 0 Å². The minimum absolute atomic E-state index is 0.0844. The number of aromatic nitrogens is 5. The third-order valence-corrected chi connectivity index (χ3v) is 2.26. The molecular formula is C9H13N5O. The van der Waals surface area contributed by atoms with E-state index in [-0.39, 0.29) is 5.69 Å². The van der Waals surface area contributed by atoms with Crippen LogP contribution in [-0.2, 0) is 27.1 Å². The van der Waals surface area contributed by atoms with Gasteiger partial charge in [0.15, 0.2) is 0 Å². The Labute approximate surface area is 86.8 Å². The van der Waals surface area contributed by atoms with Crippen LogP contribution in [0.15, 0.2) is 23.5 Å². The zero-order chi connectivity index (χ0) is 10.8. The summed E-state index contributed by atoms with van der Waals surface area (Å²) in [6, 6.07) is 0. The molecule has 0 bridgehead atoms. The molecule has 0 aromatic carbocycles. The summed E-state index contributed by atoms with van der Waals surface area (Å²) in [4.78, 5) is 11.4. The quantitative estimate of drug-likeness (QED) is 0.685. The van der Waals surface area contributed by atoms with Gasteiger partial charge in [-0.1, -0.05) is 0 Å². The van der Waals surface area contributed by atoms with Crippen molar-refractivity contribution in [2.75, 3.05) is 0 Å². The van der Waals surface area contributed by atoms with E-state index in [1.807, 2.05) is 13.2 Å². The average Bonchev–Trinajstić information content (AvgIpc) is 2.74. The summed E-state index contributed by atoms with van der Waals surface area (Å²) in [7, 11) is 3.56. The average molecular weight is 207 g/mol. The second-order valence-corrected chi connectivity index (χ2v) is 3.52. The summed E-state index contributed by atoms with van der Waals surface area (Å²) in [5.41, 5.74) is 1.02. The highest BCUT2D eigenvalue weighted by Gasteiger charge is 2.02.